The molecule has 1 heterocycles. The largest absolute Gasteiger partial charge is 0.457 e. The van der Waals surface area contributed by atoms with Gasteiger partial charge in [-0.3, -0.25) is 9.59 Å². The number of benzene rings is 2. The summed E-state index contributed by atoms with van der Waals surface area (Å²) >= 11 is 0. The van der Waals surface area contributed by atoms with Crippen molar-refractivity contribution in [2.24, 2.45) is 23.2 Å². The second-order valence-electron chi connectivity index (χ2n) is 7.99. The molecule has 2 amide bonds. The van der Waals surface area contributed by atoms with Crippen molar-refractivity contribution in [3.05, 3.63) is 66.2 Å². The summed E-state index contributed by atoms with van der Waals surface area (Å²) in [4.78, 5) is 27.6. The number of carbonyl (C=O) groups is 2. The van der Waals surface area contributed by atoms with Gasteiger partial charge in [0.25, 0.3) is 0 Å². The smallest absolute Gasteiger partial charge is 0.241 e. The molecule has 136 valence electrons. The molecule has 0 aromatic heterocycles. The lowest BCUT2D eigenvalue weighted by atomic mass is 9.71. The Balaban J connectivity index is 1.42. The van der Waals surface area contributed by atoms with Crippen LogP contribution in [0, 0.1) is 30.1 Å². The average Bonchev–Trinajstić information content (AvgIpc) is 3.30. The molecule has 1 saturated carbocycles. The predicted octanol–water partition coefficient (Wildman–Crippen LogP) is 4.49. The molecule has 2 aromatic carbocycles. The van der Waals surface area contributed by atoms with E-state index in [-0.39, 0.29) is 29.6 Å². The molecule has 27 heavy (non-hydrogen) atoms. The number of allylic oxidation sites excluding steroid dienone is 2. The van der Waals surface area contributed by atoms with Crippen LogP contribution in [0.25, 0.3) is 0 Å². The molecule has 0 spiro atoms. The average molecular weight is 359 g/mol. The molecule has 0 radical (unpaired) electrons. The van der Waals surface area contributed by atoms with Crippen molar-refractivity contribution in [1.29, 1.82) is 0 Å². The molecule has 5 rings (SSSR count). The van der Waals surface area contributed by atoms with Crippen LogP contribution in [0.2, 0.25) is 0 Å². The van der Waals surface area contributed by atoms with Crippen LogP contribution in [0.15, 0.2) is 60.7 Å². The SMILES string of the molecule is Cc1ccccc1Oc1ccc(N2C(=O)[C@H]3[C@@H]4C=C[C@@H](C4)[C@@]3(C)C2=O)cc1. The van der Waals surface area contributed by atoms with E-state index in [0.29, 0.717) is 11.4 Å². The van der Waals surface area contributed by atoms with E-state index in [0.717, 1.165) is 17.7 Å². The number of fused-ring (bicyclic) bond motifs is 5. The monoisotopic (exact) mass is 359 g/mol. The van der Waals surface area contributed by atoms with Gasteiger partial charge < -0.3 is 4.74 Å². The lowest BCUT2D eigenvalue weighted by molar-refractivity contribution is -0.127. The highest BCUT2D eigenvalue weighted by Gasteiger charge is 2.67. The molecule has 2 aromatic rings. The molecule has 4 heteroatoms. The fourth-order valence-electron chi connectivity index (χ4n) is 5.01. The maximum atomic E-state index is 13.2. The topological polar surface area (TPSA) is 46.6 Å². The molecule has 4 nitrogen and oxygen atoms in total. The number of nitrogens with zero attached hydrogens (tertiary/aromatic N) is 1. The third-order valence-electron chi connectivity index (χ3n) is 6.53. The fourth-order valence-corrected chi connectivity index (χ4v) is 5.01. The Bertz CT molecular complexity index is 977. The maximum absolute atomic E-state index is 13.2. The summed E-state index contributed by atoms with van der Waals surface area (Å²) in [6.07, 6.45) is 5.16. The first-order chi connectivity index (χ1) is 13.0. The Morgan fingerprint density at radius 2 is 1.78 bits per heavy atom. The minimum atomic E-state index is -0.590. The Kier molecular flexibility index (Phi) is 3.36. The summed E-state index contributed by atoms with van der Waals surface area (Å²) in [6.45, 7) is 3.95. The molecule has 2 fully saturated rings. The number of ether oxygens (including phenoxy) is 1. The van der Waals surface area contributed by atoms with Crippen LogP contribution >= 0.6 is 0 Å². The molecule has 3 aliphatic rings. The van der Waals surface area contributed by atoms with E-state index < -0.39 is 5.41 Å². The Morgan fingerprint density at radius 3 is 2.48 bits per heavy atom. The van der Waals surface area contributed by atoms with Gasteiger partial charge in [0.1, 0.15) is 11.5 Å². The number of carbonyl (C=O) groups excluding carboxylic acids is 2. The molecule has 4 atom stereocenters. The van der Waals surface area contributed by atoms with Crippen molar-refractivity contribution < 1.29 is 14.3 Å². The van der Waals surface area contributed by atoms with Gasteiger partial charge in [-0.25, -0.2) is 4.90 Å². The van der Waals surface area contributed by atoms with Gasteiger partial charge >= 0.3 is 0 Å². The van der Waals surface area contributed by atoms with E-state index in [9.17, 15) is 9.59 Å². The summed E-state index contributed by atoms with van der Waals surface area (Å²) in [6, 6.07) is 15.0. The minimum absolute atomic E-state index is 0.0630. The zero-order valence-electron chi connectivity index (χ0n) is 15.4. The van der Waals surface area contributed by atoms with Crippen LogP contribution in [0.1, 0.15) is 18.9 Å². The number of rotatable bonds is 3. The Labute approximate surface area is 158 Å². The number of hydrogen-bond donors (Lipinski definition) is 0. The van der Waals surface area contributed by atoms with E-state index in [1.165, 1.54) is 4.90 Å². The third kappa shape index (κ3) is 2.16. The summed E-state index contributed by atoms with van der Waals surface area (Å²) in [5.74, 6) is 1.50. The summed E-state index contributed by atoms with van der Waals surface area (Å²) in [5, 5.41) is 0. The molecule has 2 bridgehead atoms. The van der Waals surface area contributed by atoms with Crippen LogP contribution in [0.4, 0.5) is 5.69 Å². The number of hydrogen-bond acceptors (Lipinski definition) is 3. The van der Waals surface area contributed by atoms with Gasteiger partial charge in [0.05, 0.1) is 17.0 Å². The van der Waals surface area contributed by atoms with E-state index in [4.69, 9.17) is 4.74 Å². The van der Waals surface area contributed by atoms with Gasteiger partial charge in [-0.1, -0.05) is 30.4 Å². The number of amides is 2. The molecular formula is C23H21NO3. The molecule has 0 N–H and O–H groups in total. The Morgan fingerprint density at radius 1 is 1.04 bits per heavy atom. The minimum Gasteiger partial charge on any atom is -0.457 e. The van der Waals surface area contributed by atoms with Crippen LogP contribution < -0.4 is 9.64 Å². The van der Waals surface area contributed by atoms with Crippen molar-refractivity contribution in [2.45, 2.75) is 20.3 Å². The number of anilines is 1. The highest BCUT2D eigenvalue weighted by Crippen LogP contribution is 2.60. The van der Waals surface area contributed by atoms with Crippen molar-refractivity contribution in [3.63, 3.8) is 0 Å². The molecular weight excluding hydrogens is 338 g/mol. The van der Waals surface area contributed by atoms with Gasteiger partial charge in [-0.15, -0.1) is 0 Å². The number of imide groups is 1. The van der Waals surface area contributed by atoms with E-state index in [2.05, 4.69) is 12.2 Å². The van der Waals surface area contributed by atoms with Crippen LogP contribution in [0.3, 0.4) is 0 Å². The zero-order chi connectivity index (χ0) is 18.8. The summed E-state index contributed by atoms with van der Waals surface area (Å²) in [7, 11) is 0. The number of para-hydroxylation sites is 1. The first kappa shape index (κ1) is 16.3. The van der Waals surface area contributed by atoms with E-state index >= 15 is 0 Å². The van der Waals surface area contributed by atoms with Crippen molar-refractivity contribution in [3.8, 4) is 11.5 Å². The lowest BCUT2D eigenvalue weighted by Crippen LogP contribution is -2.37. The van der Waals surface area contributed by atoms with Crippen LogP contribution in [-0.4, -0.2) is 11.8 Å². The number of aryl methyl sites for hydroxylation is 1. The van der Waals surface area contributed by atoms with Gasteiger partial charge in [0, 0.05) is 0 Å². The standard InChI is InChI=1S/C23H21NO3/c1-14-5-3-4-6-19(14)27-18-11-9-17(10-12-18)24-21(25)20-15-7-8-16(13-15)23(20,2)22(24)26/h3-12,15-16,20H,13H2,1-2H3/t15-,16+,20-,23-/m1/s1. The molecule has 2 aliphatic carbocycles. The van der Waals surface area contributed by atoms with Crippen LogP contribution in [0.5, 0.6) is 11.5 Å². The summed E-state index contributed by atoms with van der Waals surface area (Å²) < 4.78 is 5.92. The van der Waals surface area contributed by atoms with E-state index in [1.807, 2.05) is 50.2 Å². The van der Waals surface area contributed by atoms with Crippen LogP contribution in [-0.2, 0) is 9.59 Å². The highest BCUT2D eigenvalue weighted by atomic mass is 16.5. The van der Waals surface area contributed by atoms with Crippen molar-refractivity contribution in [1.82, 2.24) is 0 Å². The first-order valence-electron chi connectivity index (χ1n) is 9.40. The molecule has 1 saturated heterocycles. The second kappa shape index (κ2) is 5.56. The predicted molar refractivity (Wildman–Crippen MR) is 103 cm³/mol. The second-order valence-corrected chi connectivity index (χ2v) is 7.99. The third-order valence-corrected chi connectivity index (χ3v) is 6.53. The normalized spacial score (nSPS) is 30.9. The lowest BCUT2D eigenvalue weighted by Gasteiger charge is -2.28. The van der Waals surface area contributed by atoms with E-state index in [1.54, 1.807) is 12.1 Å². The van der Waals surface area contributed by atoms with Gasteiger partial charge in [-0.2, -0.15) is 0 Å². The van der Waals surface area contributed by atoms with Crippen molar-refractivity contribution in [2.75, 3.05) is 4.90 Å². The first-order valence-corrected chi connectivity index (χ1v) is 9.40. The quantitative estimate of drug-likeness (QED) is 0.599. The van der Waals surface area contributed by atoms with Gasteiger partial charge in [-0.05, 0) is 68.0 Å². The molecule has 1 aliphatic heterocycles. The fraction of sp³-hybridized carbons (Fsp3) is 0.304. The van der Waals surface area contributed by atoms with Crippen molar-refractivity contribution >= 4 is 17.5 Å². The maximum Gasteiger partial charge on any atom is 0.241 e. The van der Waals surface area contributed by atoms with Gasteiger partial charge in [0.2, 0.25) is 11.8 Å². The zero-order valence-corrected chi connectivity index (χ0v) is 15.4. The Hall–Kier alpha value is -2.88. The highest BCUT2D eigenvalue weighted by molar-refractivity contribution is 6.24. The summed E-state index contributed by atoms with van der Waals surface area (Å²) in [5.41, 5.74) is 1.08. The van der Waals surface area contributed by atoms with Gasteiger partial charge in [0.15, 0.2) is 0 Å². The molecule has 0 unspecified atom stereocenters.